The van der Waals surface area contributed by atoms with Crippen molar-refractivity contribution in [3.8, 4) is 0 Å². The van der Waals surface area contributed by atoms with Crippen LogP contribution in [0, 0.1) is 20.8 Å². The van der Waals surface area contributed by atoms with E-state index in [0.717, 1.165) is 22.4 Å². The van der Waals surface area contributed by atoms with Crippen LogP contribution in [0.4, 0.5) is 5.69 Å². The molecular formula is C16H19N3O2S2. The molecule has 0 bridgehead atoms. The van der Waals surface area contributed by atoms with Crippen molar-refractivity contribution < 1.29 is 8.42 Å². The molecule has 3 N–H and O–H groups in total. The lowest BCUT2D eigenvalue weighted by Crippen LogP contribution is -2.43. The Morgan fingerprint density at radius 2 is 1.57 bits per heavy atom. The van der Waals surface area contributed by atoms with Gasteiger partial charge in [0, 0.05) is 5.69 Å². The summed E-state index contributed by atoms with van der Waals surface area (Å²) >= 11 is 5.13. The summed E-state index contributed by atoms with van der Waals surface area (Å²) in [5.41, 5.74) is 6.43. The SMILES string of the molecule is Cc1ccc(S(=O)(=O)NNC(=S)Nc2cc(C)ccc2C)cc1. The van der Waals surface area contributed by atoms with Crippen LogP contribution in [0.2, 0.25) is 0 Å². The maximum absolute atomic E-state index is 12.2. The predicted molar refractivity (Wildman–Crippen MR) is 96.8 cm³/mol. The van der Waals surface area contributed by atoms with Gasteiger partial charge in [-0.15, -0.1) is 4.83 Å². The first-order valence-corrected chi connectivity index (χ1v) is 8.90. The molecule has 122 valence electrons. The number of rotatable bonds is 4. The fraction of sp³-hybridized carbons (Fsp3) is 0.188. The fourth-order valence-corrected chi connectivity index (χ4v) is 2.99. The van der Waals surface area contributed by atoms with E-state index in [9.17, 15) is 8.42 Å². The number of sulfonamides is 1. The highest BCUT2D eigenvalue weighted by atomic mass is 32.2. The average molecular weight is 349 g/mol. The summed E-state index contributed by atoms with van der Waals surface area (Å²) in [6.07, 6.45) is 0. The summed E-state index contributed by atoms with van der Waals surface area (Å²) in [6.45, 7) is 5.81. The van der Waals surface area contributed by atoms with Crippen LogP contribution in [-0.4, -0.2) is 13.5 Å². The van der Waals surface area contributed by atoms with Gasteiger partial charge >= 0.3 is 0 Å². The number of anilines is 1. The summed E-state index contributed by atoms with van der Waals surface area (Å²) in [7, 11) is -3.67. The van der Waals surface area contributed by atoms with Gasteiger partial charge in [0.05, 0.1) is 4.90 Å². The molecular weight excluding hydrogens is 330 g/mol. The van der Waals surface area contributed by atoms with Gasteiger partial charge in [-0.05, 0) is 62.3 Å². The van der Waals surface area contributed by atoms with Crippen LogP contribution in [0.25, 0.3) is 0 Å². The van der Waals surface area contributed by atoms with Crippen molar-refractivity contribution in [3.05, 3.63) is 59.2 Å². The summed E-state index contributed by atoms with van der Waals surface area (Å²) in [6, 6.07) is 12.5. The summed E-state index contributed by atoms with van der Waals surface area (Å²) in [5, 5.41) is 3.15. The Balaban J connectivity index is 2.01. The van der Waals surface area contributed by atoms with Gasteiger partial charge in [0.2, 0.25) is 0 Å². The molecule has 5 nitrogen and oxygen atoms in total. The average Bonchev–Trinajstić information content (AvgIpc) is 2.49. The smallest absolute Gasteiger partial charge is 0.257 e. The molecule has 2 aromatic carbocycles. The van der Waals surface area contributed by atoms with E-state index < -0.39 is 10.0 Å². The summed E-state index contributed by atoms with van der Waals surface area (Å²) < 4.78 is 24.3. The van der Waals surface area contributed by atoms with Crippen molar-refractivity contribution >= 4 is 33.0 Å². The van der Waals surface area contributed by atoms with E-state index in [2.05, 4.69) is 15.6 Å². The molecule has 0 atom stereocenters. The first-order chi connectivity index (χ1) is 10.8. The molecule has 23 heavy (non-hydrogen) atoms. The quantitative estimate of drug-likeness (QED) is 0.585. The molecule has 0 saturated carbocycles. The van der Waals surface area contributed by atoms with E-state index in [-0.39, 0.29) is 10.0 Å². The highest BCUT2D eigenvalue weighted by Crippen LogP contribution is 2.16. The molecule has 2 aromatic rings. The minimum atomic E-state index is -3.67. The number of thiocarbonyl (C=S) groups is 1. The minimum Gasteiger partial charge on any atom is -0.331 e. The molecule has 0 aliphatic heterocycles. The third-order valence-corrected chi connectivity index (χ3v) is 4.74. The lowest BCUT2D eigenvalue weighted by molar-refractivity contribution is 0.578. The zero-order valence-corrected chi connectivity index (χ0v) is 14.8. The summed E-state index contributed by atoms with van der Waals surface area (Å²) in [5.74, 6) is 0. The predicted octanol–water partition coefficient (Wildman–Crippen LogP) is 2.79. The molecule has 0 unspecified atom stereocenters. The van der Waals surface area contributed by atoms with Gasteiger partial charge in [0.15, 0.2) is 5.11 Å². The molecule has 0 aliphatic rings. The van der Waals surface area contributed by atoms with Gasteiger partial charge in [0.25, 0.3) is 10.0 Å². The first-order valence-electron chi connectivity index (χ1n) is 7.01. The second-order valence-corrected chi connectivity index (χ2v) is 7.41. The largest absolute Gasteiger partial charge is 0.331 e. The molecule has 0 aliphatic carbocycles. The monoisotopic (exact) mass is 349 g/mol. The molecule has 0 saturated heterocycles. The lowest BCUT2D eigenvalue weighted by atomic mass is 10.1. The van der Waals surface area contributed by atoms with Crippen molar-refractivity contribution in [2.45, 2.75) is 25.7 Å². The Labute approximate surface area is 142 Å². The van der Waals surface area contributed by atoms with Gasteiger partial charge in [-0.1, -0.05) is 29.8 Å². The molecule has 2 rings (SSSR count). The number of hydrazine groups is 1. The van der Waals surface area contributed by atoms with Crippen LogP contribution in [0.3, 0.4) is 0 Å². The van der Waals surface area contributed by atoms with E-state index in [0.29, 0.717) is 0 Å². The van der Waals surface area contributed by atoms with Crippen molar-refractivity contribution in [2.24, 2.45) is 0 Å². The van der Waals surface area contributed by atoms with Crippen LogP contribution in [0.5, 0.6) is 0 Å². The second-order valence-electron chi connectivity index (χ2n) is 5.32. The number of hydrogen-bond donors (Lipinski definition) is 3. The fourth-order valence-electron chi connectivity index (χ4n) is 1.91. The van der Waals surface area contributed by atoms with E-state index in [1.165, 1.54) is 0 Å². The van der Waals surface area contributed by atoms with Crippen LogP contribution >= 0.6 is 12.2 Å². The van der Waals surface area contributed by atoms with Crippen molar-refractivity contribution in [1.29, 1.82) is 0 Å². The molecule has 0 radical (unpaired) electrons. The van der Waals surface area contributed by atoms with Crippen molar-refractivity contribution in [2.75, 3.05) is 5.32 Å². The van der Waals surface area contributed by atoms with Gasteiger partial charge in [-0.3, -0.25) is 5.43 Å². The number of hydrogen-bond acceptors (Lipinski definition) is 3. The number of aryl methyl sites for hydroxylation is 3. The van der Waals surface area contributed by atoms with Crippen LogP contribution in [-0.2, 0) is 10.0 Å². The zero-order valence-electron chi connectivity index (χ0n) is 13.2. The van der Waals surface area contributed by atoms with E-state index in [1.807, 2.05) is 39.0 Å². The normalized spacial score (nSPS) is 11.1. The Kier molecular flexibility index (Phi) is 5.35. The molecule has 0 aromatic heterocycles. The third-order valence-electron chi connectivity index (χ3n) is 3.27. The Morgan fingerprint density at radius 1 is 0.957 bits per heavy atom. The Bertz CT molecular complexity index is 816. The van der Waals surface area contributed by atoms with Gasteiger partial charge in [-0.25, -0.2) is 8.42 Å². The maximum atomic E-state index is 12.2. The second kappa shape index (κ2) is 7.08. The van der Waals surface area contributed by atoms with Crippen LogP contribution in [0.1, 0.15) is 16.7 Å². The molecule has 0 spiro atoms. The summed E-state index contributed by atoms with van der Waals surface area (Å²) in [4.78, 5) is 2.44. The number of nitrogens with one attached hydrogen (secondary N) is 3. The van der Waals surface area contributed by atoms with Gasteiger partial charge in [0.1, 0.15) is 0 Å². The highest BCUT2D eigenvalue weighted by molar-refractivity contribution is 7.89. The van der Waals surface area contributed by atoms with E-state index in [4.69, 9.17) is 12.2 Å². The van der Waals surface area contributed by atoms with Crippen molar-refractivity contribution in [1.82, 2.24) is 10.3 Å². The van der Waals surface area contributed by atoms with Gasteiger partial charge < -0.3 is 5.32 Å². The van der Waals surface area contributed by atoms with Crippen molar-refractivity contribution in [3.63, 3.8) is 0 Å². The van der Waals surface area contributed by atoms with E-state index >= 15 is 0 Å². The maximum Gasteiger partial charge on any atom is 0.257 e. The third kappa shape index (κ3) is 4.75. The Hall–Kier alpha value is -1.96. The molecule has 7 heteroatoms. The van der Waals surface area contributed by atoms with Gasteiger partial charge in [-0.2, -0.15) is 0 Å². The van der Waals surface area contributed by atoms with Crippen LogP contribution < -0.4 is 15.6 Å². The van der Waals surface area contributed by atoms with E-state index in [1.54, 1.807) is 24.3 Å². The topological polar surface area (TPSA) is 70.2 Å². The highest BCUT2D eigenvalue weighted by Gasteiger charge is 2.13. The number of benzene rings is 2. The Morgan fingerprint density at radius 3 is 2.22 bits per heavy atom. The lowest BCUT2D eigenvalue weighted by Gasteiger charge is -2.14. The molecule has 0 amide bonds. The first kappa shape index (κ1) is 17.4. The standard InChI is InChI=1S/C16H19N3O2S2/c1-11-5-8-14(9-6-11)23(20,21)19-18-16(22)17-15-10-12(2)4-7-13(15)3/h4-10,19H,1-3H3,(H2,17,18,22). The molecule has 0 fully saturated rings. The zero-order chi connectivity index (χ0) is 17.0. The molecule has 0 heterocycles. The van der Waals surface area contributed by atoms with Crippen LogP contribution in [0.15, 0.2) is 47.4 Å². The minimum absolute atomic E-state index is 0.171.